The summed E-state index contributed by atoms with van der Waals surface area (Å²) in [6.45, 7) is 4.08. The molecule has 19 heavy (non-hydrogen) atoms. The molecule has 0 spiro atoms. The van der Waals surface area contributed by atoms with Gasteiger partial charge in [0.1, 0.15) is 0 Å². The predicted molar refractivity (Wildman–Crippen MR) is 68.8 cm³/mol. The molecule has 2 rings (SSSR count). The summed E-state index contributed by atoms with van der Waals surface area (Å²) in [4.78, 5) is 24.6. The fourth-order valence-electron chi connectivity index (χ4n) is 2.14. The van der Waals surface area contributed by atoms with Crippen LogP contribution in [0.5, 0.6) is 0 Å². The molecule has 1 saturated heterocycles. The van der Waals surface area contributed by atoms with Crippen molar-refractivity contribution in [2.75, 3.05) is 11.4 Å². The molecular weight excluding hydrogens is 244 g/mol. The quantitative estimate of drug-likeness (QED) is 0.836. The van der Waals surface area contributed by atoms with Crippen LogP contribution in [0.4, 0.5) is 5.69 Å². The third-order valence-corrected chi connectivity index (χ3v) is 3.14. The molecule has 96 valence electrons. The van der Waals surface area contributed by atoms with Crippen molar-refractivity contribution >= 4 is 17.6 Å². The maximum Gasteiger partial charge on any atom is 0.337 e. The third-order valence-electron chi connectivity index (χ3n) is 3.14. The van der Waals surface area contributed by atoms with E-state index in [0.29, 0.717) is 18.7 Å². The lowest BCUT2D eigenvalue weighted by atomic mass is 10.1. The molecule has 1 fully saturated rings. The maximum absolute atomic E-state index is 11.9. The molecule has 0 bridgehead atoms. The summed E-state index contributed by atoms with van der Waals surface area (Å²) in [5, 5.41) is 18.0. The minimum atomic E-state index is -1.15. The van der Waals surface area contributed by atoms with Crippen LogP contribution < -0.4 is 4.90 Å². The van der Waals surface area contributed by atoms with Gasteiger partial charge in [-0.3, -0.25) is 4.79 Å². The number of carboxylic acids is 1. The van der Waals surface area contributed by atoms with E-state index >= 15 is 0 Å². The number of carboxylic acid groups (broad SMARTS) is 1. The van der Waals surface area contributed by atoms with Crippen LogP contribution in [-0.4, -0.2) is 23.5 Å². The van der Waals surface area contributed by atoms with Crippen molar-refractivity contribution in [2.24, 2.45) is 5.92 Å². The van der Waals surface area contributed by atoms with Crippen molar-refractivity contribution in [3.63, 3.8) is 0 Å². The van der Waals surface area contributed by atoms with Crippen LogP contribution >= 0.6 is 0 Å². The van der Waals surface area contributed by atoms with Gasteiger partial charge in [0.2, 0.25) is 5.91 Å². The molecule has 1 aliphatic rings. The Labute approximate surface area is 110 Å². The molecule has 0 aromatic heterocycles. The summed E-state index contributed by atoms with van der Waals surface area (Å²) < 4.78 is 0. The second-order valence-electron chi connectivity index (χ2n) is 4.35. The zero-order valence-electron chi connectivity index (χ0n) is 10.2. The summed E-state index contributed by atoms with van der Waals surface area (Å²) in [6.07, 6.45) is 2.03. The van der Waals surface area contributed by atoms with Crippen LogP contribution in [0.15, 0.2) is 30.9 Å². The molecular formula is C14H12N2O3. The van der Waals surface area contributed by atoms with Crippen LogP contribution in [0.1, 0.15) is 22.3 Å². The highest BCUT2D eigenvalue weighted by atomic mass is 16.4. The lowest BCUT2D eigenvalue weighted by Gasteiger charge is -2.18. The Kier molecular flexibility index (Phi) is 3.34. The molecule has 0 aliphatic carbocycles. The highest BCUT2D eigenvalue weighted by molar-refractivity contribution is 6.03. The number of hydrogen-bond acceptors (Lipinski definition) is 3. The second-order valence-corrected chi connectivity index (χ2v) is 4.35. The van der Waals surface area contributed by atoms with Gasteiger partial charge in [-0.2, -0.15) is 5.26 Å². The van der Waals surface area contributed by atoms with Crippen LogP contribution in [-0.2, 0) is 4.79 Å². The molecule has 5 nitrogen and oxygen atoms in total. The van der Waals surface area contributed by atoms with Crippen molar-refractivity contribution < 1.29 is 14.7 Å². The third kappa shape index (κ3) is 2.33. The number of benzene rings is 1. The number of nitriles is 1. The van der Waals surface area contributed by atoms with Gasteiger partial charge in [-0.25, -0.2) is 4.79 Å². The fraction of sp³-hybridized carbons (Fsp3) is 0.214. The van der Waals surface area contributed by atoms with Crippen LogP contribution in [0.2, 0.25) is 0 Å². The van der Waals surface area contributed by atoms with Crippen molar-refractivity contribution in [3.05, 3.63) is 42.0 Å². The average molecular weight is 256 g/mol. The van der Waals surface area contributed by atoms with Crippen molar-refractivity contribution in [1.29, 1.82) is 5.26 Å². The Morgan fingerprint density at radius 2 is 2.32 bits per heavy atom. The minimum absolute atomic E-state index is 0.0305. The van der Waals surface area contributed by atoms with E-state index < -0.39 is 5.97 Å². The Morgan fingerprint density at radius 1 is 1.58 bits per heavy atom. The van der Waals surface area contributed by atoms with E-state index in [0.717, 1.165) is 0 Å². The summed E-state index contributed by atoms with van der Waals surface area (Å²) in [6, 6.07) is 6.19. The van der Waals surface area contributed by atoms with Gasteiger partial charge in [0, 0.05) is 18.9 Å². The SMILES string of the molecule is C=CC1CC(=O)N(c2ccc(C#N)cc2C(=O)O)C1. The van der Waals surface area contributed by atoms with Gasteiger partial charge in [-0.05, 0) is 18.2 Å². The number of aromatic carboxylic acids is 1. The highest BCUT2D eigenvalue weighted by Gasteiger charge is 2.31. The minimum Gasteiger partial charge on any atom is -0.478 e. The zero-order valence-corrected chi connectivity index (χ0v) is 10.2. The Bertz CT molecular complexity index is 601. The second kappa shape index (κ2) is 4.94. The van der Waals surface area contributed by atoms with Gasteiger partial charge < -0.3 is 10.0 Å². The van der Waals surface area contributed by atoms with Crippen LogP contribution in [0.25, 0.3) is 0 Å². The first-order valence-corrected chi connectivity index (χ1v) is 5.77. The van der Waals surface area contributed by atoms with Crippen LogP contribution in [0, 0.1) is 17.2 Å². The molecule has 1 heterocycles. The van der Waals surface area contributed by atoms with Gasteiger partial charge in [0.15, 0.2) is 0 Å². The van der Waals surface area contributed by atoms with E-state index in [9.17, 15) is 14.7 Å². The fourth-order valence-corrected chi connectivity index (χ4v) is 2.14. The number of nitrogens with zero attached hydrogens (tertiary/aromatic N) is 2. The van der Waals surface area contributed by atoms with E-state index in [2.05, 4.69) is 6.58 Å². The predicted octanol–water partition coefficient (Wildman–Crippen LogP) is 1.80. The summed E-state index contributed by atoms with van der Waals surface area (Å²) in [5.41, 5.74) is 0.561. The first kappa shape index (κ1) is 12.8. The largest absolute Gasteiger partial charge is 0.478 e. The van der Waals surface area contributed by atoms with E-state index in [1.807, 2.05) is 6.07 Å². The molecule has 1 N–H and O–H groups in total. The molecule has 0 radical (unpaired) electrons. The number of amides is 1. The molecule has 1 aromatic rings. The van der Waals surface area contributed by atoms with E-state index in [-0.39, 0.29) is 23.0 Å². The Hall–Kier alpha value is -2.61. The van der Waals surface area contributed by atoms with Crippen LogP contribution in [0.3, 0.4) is 0 Å². The van der Waals surface area contributed by atoms with E-state index in [4.69, 9.17) is 5.26 Å². The maximum atomic E-state index is 11.9. The molecule has 1 amide bonds. The molecule has 1 aliphatic heterocycles. The number of anilines is 1. The number of hydrogen-bond donors (Lipinski definition) is 1. The van der Waals surface area contributed by atoms with Gasteiger partial charge in [-0.1, -0.05) is 6.08 Å². The van der Waals surface area contributed by atoms with Crippen molar-refractivity contribution in [1.82, 2.24) is 0 Å². The van der Waals surface area contributed by atoms with Gasteiger partial charge in [0.05, 0.1) is 22.9 Å². The van der Waals surface area contributed by atoms with E-state index in [1.54, 1.807) is 6.08 Å². The first-order valence-electron chi connectivity index (χ1n) is 5.77. The number of carbonyl (C=O) groups is 2. The average Bonchev–Trinajstić information content (AvgIpc) is 2.79. The zero-order chi connectivity index (χ0) is 14.0. The monoisotopic (exact) mass is 256 g/mol. The number of carbonyl (C=O) groups excluding carboxylic acids is 1. The Morgan fingerprint density at radius 3 is 2.84 bits per heavy atom. The summed E-state index contributed by atoms with van der Waals surface area (Å²) >= 11 is 0. The summed E-state index contributed by atoms with van der Waals surface area (Å²) in [7, 11) is 0. The van der Waals surface area contributed by atoms with Gasteiger partial charge in [0.25, 0.3) is 0 Å². The first-order chi connectivity index (χ1) is 9.06. The molecule has 1 atom stereocenters. The molecule has 1 aromatic carbocycles. The van der Waals surface area contributed by atoms with Crippen molar-refractivity contribution in [2.45, 2.75) is 6.42 Å². The van der Waals surface area contributed by atoms with Crippen molar-refractivity contribution in [3.8, 4) is 6.07 Å². The molecule has 0 saturated carbocycles. The topological polar surface area (TPSA) is 81.4 Å². The van der Waals surface area contributed by atoms with Gasteiger partial charge in [-0.15, -0.1) is 6.58 Å². The normalized spacial score (nSPS) is 18.2. The van der Waals surface area contributed by atoms with Gasteiger partial charge >= 0.3 is 5.97 Å². The Balaban J connectivity index is 2.45. The lowest BCUT2D eigenvalue weighted by molar-refractivity contribution is -0.117. The lowest BCUT2D eigenvalue weighted by Crippen LogP contribution is -2.26. The molecule has 5 heteroatoms. The summed E-state index contributed by atoms with van der Waals surface area (Å²) in [5.74, 6) is -1.25. The standard InChI is InChI=1S/C14H12N2O3/c1-2-9-6-13(17)16(8-9)12-4-3-10(7-15)5-11(12)14(18)19/h2-5,9H,1,6,8H2,(H,18,19). The van der Waals surface area contributed by atoms with E-state index in [1.165, 1.54) is 23.1 Å². The smallest absolute Gasteiger partial charge is 0.337 e. The highest BCUT2D eigenvalue weighted by Crippen LogP contribution is 2.29. The number of rotatable bonds is 3. The molecule has 1 unspecified atom stereocenters.